The molecule has 75 heavy (non-hydrogen) atoms. The van der Waals surface area contributed by atoms with E-state index in [1.165, 1.54) is 12.3 Å². The van der Waals surface area contributed by atoms with Crippen molar-refractivity contribution in [3.8, 4) is 73.3 Å². The first-order valence-corrected chi connectivity index (χ1v) is 25.1. The van der Waals surface area contributed by atoms with Crippen LogP contribution in [0, 0.1) is 18.6 Å². The van der Waals surface area contributed by atoms with Crippen molar-refractivity contribution >= 4 is 32.8 Å². The average molecular weight is 984 g/mol. The van der Waals surface area contributed by atoms with Crippen molar-refractivity contribution in [2.75, 3.05) is 0 Å². The molecule has 4 aromatic heterocycles. The first kappa shape index (κ1) is 37.0. The summed E-state index contributed by atoms with van der Waals surface area (Å²) in [5, 5.41) is 1.70. The normalized spacial score (nSPS) is 14.3. The molecular formula is C69H59N5O. The maximum absolute atomic E-state index is 9.74. The molecule has 0 amide bonds. The van der Waals surface area contributed by atoms with Crippen molar-refractivity contribution in [1.82, 2.24) is 19.1 Å². The zero-order valence-corrected chi connectivity index (χ0v) is 42.5. The Kier molecular flexibility index (Phi) is 9.30. The van der Waals surface area contributed by atoms with Gasteiger partial charge in [0, 0.05) is 47.7 Å². The zero-order valence-electron chi connectivity index (χ0n) is 52.5. The van der Waals surface area contributed by atoms with Crippen LogP contribution < -0.4 is 9.30 Å². The van der Waals surface area contributed by atoms with Crippen LogP contribution in [0.15, 0.2) is 219 Å². The number of benzene rings is 8. The Labute approximate surface area is 453 Å². The van der Waals surface area contributed by atoms with E-state index in [0.717, 1.165) is 72.0 Å². The lowest BCUT2D eigenvalue weighted by molar-refractivity contribution is -0.572. The van der Waals surface area contributed by atoms with Gasteiger partial charge in [0.2, 0.25) is 0 Å². The van der Waals surface area contributed by atoms with Gasteiger partial charge in [-0.2, -0.15) is 0 Å². The predicted molar refractivity (Wildman–Crippen MR) is 308 cm³/mol. The van der Waals surface area contributed by atoms with Crippen molar-refractivity contribution in [1.29, 1.82) is 0 Å². The Hall–Kier alpha value is -8.87. The molecule has 12 rings (SSSR count). The third kappa shape index (κ3) is 9.18. The summed E-state index contributed by atoms with van der Waals surface area (Å²) in [5.74, 6) is 1.67. The van der Waals surface area contributed by atoms with Gasteiger partial charge in [0.05, 0.1) is 34.6 Å². The number of rotatable bonds is 10. The molecule has 0 aliphatic heterocycles. The quantitative estimate of drug-likeness (QED) is 0.101. The molecule has 0 bridgehead atoms. The molecule has 8 aromatic carbocycles. The molecule has 0 aliphatic rings. The summed E-state index contributed by atoms with van der Waals surface area (Å²) >= 11 is 0. The Bertz CT molecular complexity index is 4530. The summed E-state index contributed by atoms with van der Waals surface area (Å²) < 4.78 is 100. The van der Waals surface area contributed by atoms with E-state index in [4.69, 9.17) is 25.7 Å². The van der Waals surface area contributed by atoms with E-state index in [1.54, 1.807) is 12.3 Å². The monoisotopic (exact) mass is 984 g/mol. The van der Waals surface area contributed by atoms with Crippen LogP contribution in [0.1, 0.15) is 71.9 Å². The molecule has 0 unspecified atom stereocenters. The molecule has 0 saturated heterocycles. The number of imidazole rings is 1. The Balaban J connectivity index is 1.00. The highest BCUT2D eigenvalue weighted by Crippen LogP contribution is 2.42. The SMILES string of the molecule is [2H]c1c([2H])c([2H])c(-c2cnc(-n3c4ccccc4c4ccc(Oc5ccnc(-n6[c-][n+](-c7c(-c8cc(-c9ccccc9)cc(-c9ccccc9)c8)cc(C([2H])([2H])C(C)(C)C)cc7C(C)(C)C)c7ccccc76)c5)cc43)cc2C([2H])([2H])[2H])c([2H])c1[2H]. The smallest absolute Gasteiger partial charge is 0.271 e. The lowest BCUT2D eigenvalue weighted by atomic mass is 9.79. The van der Waals surface area contributed by atoms with E-state index in [1.807, 2.05) is 145 Å². The second kappa shape index (κ2) is 18.9. The maximum atomic E-state index is 9.74. The van der Waals surface area contributed by atoms with Gasteiger partial charge in [-0.1, -0.05) is 187 Å². The number of fused-ring (bicyclic) bond motifs is 4. The fraction of sp³-hybridized carbons (Fsp3) is 0.145. The van der Waals surface area contributed by atoms with Gasteiger partial charge >= 0.3 is 0 Å². The lowest BCUT2D eigenvalue weighted by Crippen LogP contribution is -2.35. The summed E-state index contributed by atoms with van der Waals surface area (Å²) in [7, 11) is 0. The number of para-hydroxylation sites is 3. The number of aromatic nitrogens is 5. The molecule has 0 atom stereocenters. The van der Waals surface area contributed by atoms with E-state index >= 15 is 0 Å². The van der Waals surface area contributed by atoms with Crippen molar-refractivity contribution < 1.29 is 23.0 Å². The number of hydrogen-bond donors (Lipinski definition) is 0. The van der Waals surface area contributed by atoms with Crippen molar-refractivity contribution in [2.45, 2.75) is 60.2 Å². The predicted octanol–water partition coefficient (Wildman–Crippen LogP) is 17.2. The second-order valence-corrected chi connectivity index (χ2v) is 20.9. The fourth-order valence-corrected chi connectivity index (χ4v) is 10.1. The molecule has 6 heteroatoms. The molecule has 366 valence electrons. The van der Waals surface area contributed by atoms with Gasteiger partial charge in [-0.25, -0.2) is 4.98 Å². The molecule has 12 aromatic rings. The first-order chi connectivity index (χ1) is 40.4. The molecule has 0 spiro atoms. The highest BCUT2D eigenvalue weighted by molar-refractivity contribution is 6.09. The van der Waals surface area contributed by atoms with Gasteiger partial charge in [0.25, 0.3) is 6.33 Å². The third-order valence-electron chi connectivity index (χ3n) is 13.4. The largest absolute Gasteiger partial charge is 0.458 e. The minimum Gasteiger partial charge on any atom is -0.458 e. The highest BCUT2D eigenvalue weighted by Gasteiger charge is 2.28. The van der Waals surface area contributed by atoms with Gasteiger partial charge < -0.3 is 4.74 Å². The zero-order chi connectivity index (χ0) is 60.1. The summed E-state index contributed by atoms with van der Waals surface area (Å²) in [6.07, 6.45) is 4.96. The Morgan fingerprint density at radius 3 is 1.93 bits per heavy atom. The van der Waals surface area contributed by atoms with E-state index in [2.05, 4.69) is 80.2 Å². The summed E-state index contributed by atoms with van der Waals surface area (Å²) in [6.45, 7) is 9.54. The van der Waals surface area contributed by atoms with Crippen molar-refractivity contribution in [2.24, 2.45) is 5.41 Å². The summed E-state index contributed by atoms with van der Waals surface area (Å²) in [5.41, 5.74) is 9.45. The molecule has 0 radical (unpaired) electrons. The lowest BCUT2D eigenvalue weighted by Gasteiger charge is -2.29. The third-order valence-corrected chi connectivity index (χ3v) is 13.4. The molecule has 6 nitrogen and oxygen atoms in total. The van der Waals surface area contributed by atoms with Gasteiger partial charge in [-0.05, 0) is 128 Å². The van der Waals surface area contributed by atoms with Crippen molar-refractivity contribution in [3.63, 3.8) is 0 Å². The molecule has 4 heterocycles. The van der Waals surface area contributed by atoms with Crippen LogP contribution in [-0.2, 0) is 11.8 Å². The van der Waals surface area contributed by atoms with E-state index < -0.39 is 54.3 Å². The number of aryl methyl sites for hydroxylation is 1. The molecule has 0 aliphatic carbocycles. The molecular weight excluding hydrogens is 915 g/mol. The molecule has 0 saturated carbocycles. The number of hydrogen-bond acceptors (Lipinski definition) is 3. The van der Waals surface area contributed by atoms with Gasteiger partial charge in [0.1, 0.15) is 17.3 Å². The second-order valence-electron chi connectivity index (χ2n) is 20.9. The van der Waals surface area contributed by atoms with E-state index in [9.17, 15) is 2.74 Å². The van der Waals surface area contributed by atoms with Crippen LogP contribution in [0.4, 0.5) is 0 Å². The van der Waals surface area contributed by atoms with Crippen LogP contribution in [0.5, 0.6) is 11.5 Å². The number of ether oxygens (including phenoxy) is 1. The topological polar surface area (TPSA) is 48.8 Å². The Morgan fingerprint density at radius 2 is 1.23 bits per heavy atom. The van der Waals surface area contributed by atoms with Gasteiger partial charge in [-0.3, -0.25) is 18.7 Å². The maximum Gasteiger partial charge on any atom is 0.271 e. The number of nitrogens with zero attached hydrogens (tertiary/aromatic N) is 5. The molecule has 0 fully saturated rings. The van der Waals surface area contributed by atoms with E-state index in [0.29, 0.717) is 28.4 Å². The highest BCUT2D eigenvalue weighted by atomic mass is 16.5. The number of pyridine rings is 2. The summed E-state index contributed by atoms with van der Waals surface area (Å²) in [4.78, 5) is 9.66. The van der Waals surface area contributed by atoms with Crippen LogP contribution in [0.3, 0.4) is 0 Å². The standard InChI is InChI=1S/C69H59N5O/c1-46-35-66(71-44-59(46)50-25-15-10-16-26-50)74-61-28-18-17-27-56(61)57-32-31-54(41-64(57)74)75-55-33-34-70-65(42-55)72-45-73(63-30-20-19-29-62(63)72)67-58(36-47(43-68(2,3)4)37-60(67)69(5,6)7)53-39-51(48-21-11-8-12-22-48)38-52(40-53)49-23-13-9-14-24-49/h8-42,44H,43H2,1-7H3/i1D3,10D,15D,16D,25D,26D,43D2. The van der Waals surface area contributed by atoms with Gasteiger partial charge in [0.15, 0.2) is 5.82 Å². The summed E-state index contributed by atoms with van der Waals surface area (Å²) in [6, 6.07) is 55.0. The minimum absolute atomic E-state index is 0.0863. The first-order valence-electron chi connectivity index (χ1n) is 30.1. The minimum atomic E-state index is -2.77. The van der Waals surface area contributed by atoms with Crippen LogP contribution in [-0.4, -0.2) is 19.1 Å². The average Bonchev–Trinajstić information content (AvgIpc) is 2.05. The van der Waals surface area contributed by atoms with Crippen LogP contribution in [0.25, 0.3) is 94.7 Å². The van der Waals surface area contributed by atoms with Crippen molar-refractivity contribution in [3.05, 3.63) is 242 Å². The van der Waals surface area contributed by atoms with Gasteiger partial charge in [-0.15, -0.1) is 0 Å². The Morgan fingerprint density at radius 1 is 0.573 bits per heavy atom. The van der Waals surface area contributed by atoms with Crippen LogP contribution >= 0.6 is 0 Å². The van der Waals surface area contributed by atoms with E-state index in [-0.39, 0.29) is 22.5 Å². The fourth-order valence-electron chi connectivity index (χ4n) is 10.1. The van der Waals surface area contributed by atoms with Crippen LogP contribution in [0.2, 0.25) is 0 Å². The molecule has 0 N–H and O–H groups in total.